The second-order valence-corrected chi connectivity index (χ2v) is 8.39. The normalized spacial score (nSPS) is 24.5. The molecular weight excluding hydrogens is 360 g/mol. The van der Waals surface area contributed by atoms with Crippen LogP contribution in [0.15, 0.2) is 10.8 Å². The van der Waals surface area contributed by atoms with Gasteiger partial charge >= 0.3 is 0 Å². The van der Waals surface area contributed by atoms with Gasteiger partial charge in [-0.1, -0.05) is 0 Å². The monoisotopic (exact) mass is 390 g/mol. The molecule has 3 heterocycles. The van der Waals surface area contributed by atoms with Crippen LogP contribution in [-0.2, 0) is 9.53 Å². The van der Waals surface area contributed by atoms with Crippen molar-refractivity contribution in [3.05, 3.63) is 17.8 Å². The maximum absolute atomic E-state index is 12.3. The molecule has 1 N–H and O–H groups in total. The van der Waals surface area contributed by atoms with Crippen molar-refractivity contribution in [2.45, 2.75) is 38.7 Å². The summed E-state index contributed by atoms with van der Waals surface area (Å²) < 4.78 is 10.7. The van der Waals surface area contributed by atoms with E-state index in [1.54, 1.807) is 6.92 Å². The molecule has 1 aliphatic carbocycles. The Balaban J connectivity index is 1.21. The van der Waals surface area contributed by atoms with Crippen LogP contribution in [0, 0.1) is 18.8 Å². The fourth-order valence-corrected chi connectivity index (χ4v) is 4.12. The highest BCUT2D eigenvalue weighted by Crippen LogP contribution is 2.31. The standard InChI is InChI=1S/C20H30N4O4/c1-14-19(22-13-28-14)20(26)21-8-17-11-24(18(25)12-27-17)10-16-4-6-23(7-5-16)9-15-2-3-15/h13,15-17H,2-12H2,1H3,(H,21,26)/t17-/m1/s1. The zero-order chi connectivity index (χ0) is 19.5. The summed E-state index contributed by atoms with van der Waals surface area (Å²) in [6, 6.07) is 0. The molecule has 1 aromatic rings. The molecule has 3 aliphatic rings. The van der Waals surface area contributed by atoms with Crippen LogP contribution in [0.1, 0.15) is 41.9 Å². The number of oxazole rings is 1. The van der Waals surface area contributed by atoms with Gasteiger partial charge in [-0.15, -0.1) is 0 Å². The molecule has 2 aliphatic heterocycles. The molecule has 8 nitrogen and oxygen atoms in total. The molecule has 4 rings (SSSR count). The van der Waals surface area contributed by atoms with Crippen LogP contribution in [-0.4, -0.2) is 78.6 Å². The van der Waals surface area contributed by atoms with Gasteiger partial charge in [0, 0.05) is 26.2 Å². The van der Waals surface area contributed by atoms with E-state index in [1.807, 2.05) is 4.90 Å². The van der Waals surface area contributed by atoms with Crippen LogP contribution in [0.3, 0.4) is 0 Å². The van der Waals surface area contributed by atoms with Crippen LogP contribution in [0.25, 0.3) is 0 Å². The highest BCUT2D eigenvalue weighted by molar-refractivity contribution is 5.93. The fourth-order valence-electron chi connectivity index (χ4n) is 4.12. The number of aromatic nitrogens is 1. The van der Waals surface area contributed by atoms with Crippen LogP contribution < -0.4 is 5.32 Å². The Bertz CT molecular complexity index is 694. The molecular formula is C20H30N4O4. The summed E-state index contributed by atoms with van der Waals surface area (Å²) in [5.74, 6) is 1.77. The summed E-state index contributed by atoms with van der Waals surface area (Å²) in [5, 5.41) is 2.83. The van der Waals surface area contributed by atoms with Gasteiger partial charge in [-0.2, -0.15) is 0 Å². The quantitative estimate of drug-likeness (QED) is 0.749. The van der Waals surface area contributed by atoms with Gasteiger partial charge in [0.15, 0.2) is 12.1 Å². The van der Waals surface area contributed by atoms with Crippen molar-refractivity contribution in [3.8, 4) is 0 Å². The van der Waals surface area contributed by atoms with Gasteiger partial charge in [-0.3, -0.25) is 9.59 Å². The van der Waals surface area contributed by atoms with E-state index in [2.05, 4.69) is 15.2 Å². The Hall–Kier alpha value is -1.93. The van der Waals surface area contributed by atoms with Crippen LogP contribution in [0.5, 0.6) is 0 Å². The second kappa shape index (κ2) is 8.61. The first-order valence-electron chi connectivity index (χ1n) is 10.4. The first-order valence-corrected chi connectivity index (χ1v) is 10.4. The minimum Gasteiger partial charge on any atom is -0.448 e. The molecule has 0 unspecified atom stereocenters. The van der Waals surface area contributed by atoms with Crippen molar-refractivity contribution in [3.63, 3.8) is 0 Å². The largest absolute Gasteiger partial charge is 0.448 e. The summed E-state index contributed by atoms with van der Waals surface area (Å²) >= 11 is 0. The van der Waals surface area contributed by atoms with Crippen molar-refractivity contribution in [2.24, 2.45) is 11.8 Å². The number of nitrogens with zero attached hydrogens (tertiary/aromatic N) is 3. The Kier molecular flexibility index (Phi) is 5.96. The third-order valence-corrected chi connectivity index (χ3v) is 6.07. The summed E-state index contributed by atoms with van der Waals surface area (Å²) in [4.78, 5) is 32.9. The van der Waals surface area contributed by atoms with Gasteiger partial charge in [0.1, 0.15) is 12.4 Å². The van der Waals surface area contributed by atoms with E-state index in [-0.39, 0.29) is 24.5 Å². The second-order valence-electron chi connectivity index (χ2n) is 8.39. The number of hydrogen-bond donors (Lipinski definition) is 1. The lowest BCUT2D eigenvalue weighted by Gasteiger charge is -2.38. The number of amides is 2. The van der Waals surface area contributed by atoms with Gasteiger partial charge in [0.2, 0.25) is 5.91 Å². The van der Waals surface area contributed by atoms with Gasteiger partial charge in [0.05, 0.1) is 6.10 Å². The predicted octanol–water partition coefficient (Wildman–Crippen LogP) is 1.06. The number of hydrogen-bond acceptors (Lipinski definition) is 6. The molecule has 1 saturated carbocycles. The van der Waals surface area contributed by atoms with E-state index >= 15 is 0 Å². The summed E-state index contributed by atoms with van der Waals surface area (Å²) in [6.45, 7) is 7.03. The molecule has 1 aromatic heterocycles. The first-order chi connectivity index (χ1) is 13.6. The molecule has 2 saturated heterocycles. The molecule has 154 valence electrons. The molecule has 0 bridgehead atoms. The lowest BCUT2D eigenvalue weighted by molar-refractivity contribution is -0.149. The number of aryl methyl sites for hydroxylation is 1. The summed E-state index contributed by atoms with van der Waals surface area (Å²) in [6.07, 6.45) is 6.18. The van der Waals surface area contributed by atoms with Gasteiger partial charge in [-0.25, -0.2) is 4.98 Å². The topological polar surface area (TPSA) is 87.9 Å². The van der Waals surface area contributed by atoms with Gasteiger partial charge in [0.25, 0.3) is 5.91 Å². The van der Waals surface area contributed by atoms with Gasteiger partial charge in [-0.05, 0) is 57.5 Å². The number of carbonyl (C=O) groups excluding carboxylic acids is 2. The number of likely N-dealkylation sites (tertiary alicyclic amines) is 1. The van der Waals surface area contributed by atoms with Crippen LogP contribution >= 0.6 is 0 Å². The van der Waals surface area contributed by atoms with Crippen molar-refractivity contribution in [1.29, 1.82) is 0 Å². The van der Waals surface area contributed by atoms with E-state index < -0.39 is 0 Å². The third kappa shape index (κ3) is 4.91. The predicted molar refractivity (Wildman–Crippen MR) is 102 cm³/mol. The minimum absolute atomic E-state index is 0.0512. The van der Waals surface area contributed by atoms with E-state index in [9.17, 15) is 9.59 Å². The van der Waals surface area contributed by atoms with Crippen molar-refractivity contribution in [2.75, 3.05) is 45.9 Å². The molecule has 0 spiro atoms. The van der Waals surface area contributed by atoms with E-state index in [4.69, 9.17) is 9.15 Å². The van der Waals surface area contributed by atoms with Crippen molar-refractivity contribution < 1.29 is 18.7 Å². The number of ether oxygens (including phenoxy) is 1. The van der Waals surface area contributed by atoms with E-state index in [0.29, 0.717) is 30.5 Å². The minimum atomic E-state index is -0.277. The number of rotatable bonds is 7. The third-order valence-electron chi connectivity index (χ3n) is 6.07. The lowest BCUT2D eigenvalue weighted by Crippen LogP contribution is -2.52. The first kappa shape index (κ1) is 19.4. The van der Waals surface area contributed by atoms with Gasteiger partial charge < -0.3 is 24.3 Å². The van der Waals surface area contributed by atoms with Crippen LogP contribution in [0.4, 0.5) is 0 Å². The highest BCUT2D eigenvalue weighted by atomic mass is 16.5. The molecule has 1 atom stereocenters. The zero-order valence-corrected chi connectivity index (χ0v) is 16.6. The molecule has 8 heteroatoms. The SMILES string of the molecule is Cc1ocnc1C(=O)NC[C@@H]1CN(CC2CCN(CC3CC3)CC2)C(=O)CO1. The van der Waals surface area contributed by atoms with Crippen molar-refractivity contribution >= 4 is 11.8 Å². The molecule has 0 aromatic carbocycles. The maximum Gasteiger partial charge on any atom is 0.273 e. The van der Waals surface area contributed by atoms with E-state index in [1.165, 1.54) is 25.8 Å². The number of morpholine rings is 1. The fraction of sp³-hybridized carbons (Fsp3) is 0.750. The maximum atomic E-state index is 12.3. The van der Waals surface area contributed by atoms with E-state index in [0.717, 1.165) is 38.4 Å². The molecule has 0 radical (unpaired) electrons. The Morgan fingerprint density at radius 3 is 2.64 bits per heavy atom. The summed E-state index contributed by atoms with van der Waals surface area (Å²) in [5.41, 5.74) is 0.293. The molecule has 2 amide bonds. The number of piperidine rings is 1. The van der Waals surface area contributed by atoms with Crippen LogP contribution in [0.2, 0.25) is 0 Å². The molecule has 28 heavy (non-hydrogen) atoms. The Labute approximate surface area is 165 Å². The molecule has 3 fully saturated rings. The zero-order valence-electron chi connectivity index (χ0n) is 16.6. The Morgan fingerprint density at radius 1 is 1.21 bits per heavy atom. The average Bonchev–Trinajstić information content (AvgIpc) is 3.41. The average molecular weight is 390 g/mol. The lowest BCUT2D eigenvalue weighted by atomic mass is 9.95. The summed E-state index contributed by atoms with van der Waals surface area (Å²) in [7, 11) is 0. The Morgan fingerprint density at radius 2 is 1.96 bits per heavy atom. The van der Waals surface area contributed by atoms with Crippen molar-refractivity contribution in [1.82, 2.24) is 20.1 Å². The smallest absolute Gasteiger partial charge is 0.273 e. The number of carbonyl (C=O) groups is 2. The number of nitrogens with one attached hydrogen (secondary N) is 1. The highest BCUT2D eigenvalue weighted by Gasteiger charge is 2.31.